The highest BCUT2D eigenvalue weighted by Gasteiger charge is 2.51. The van der Waals surface area contributed by atoms with E-state index in [1.54, 1.807) is 6.33 Å². The van der Waals surface area contributed by atoms with Gasteiger partial charge in [0.05, 0.1) is 0 Å². The van der Waals surface area contributed by atoms with Gasteiger partial charge in [0.15, 0.2) is 11.6 Å². The van der Waals surface area contributed by atoms with E-state index in [1.807, 2.05) is 25.1 Å². The largest absolute Gasteiger partial charge is 0.393 e. The Morgan fingerprint density at radius 2 is 1.67 bits per heavy atom. The first-order chi connectivity index (χ1) is 13.0. The molecule has 4 saturated carbocycles. The van der Waals surface area contributed by atoms with Gasteiger partial charge in [-0.25, -0.2) is 9.97 Å². The molecule has 0 radical (unpaired) electrons. The zero-order chi connectivity index (χ0) is 18.6. The summed E-state index contributed by atoms with van der Waals surface area (Å²) in [5, 5.41) is 7.83. The van der Waals surface area contributed by atoms with Gasteiger partial charge in [0.25, 0.3) is 0 Å². The smallest absolute Gasteiger partial charge is 0.159 e. The van der Waals surface area contributed by atoms with Crippen LogP contribution in [0, 0.1) is 24.7 Å². The van der Waals surface area contributed by atoms with E-state index < -0.39 is 0 Å². The van der Waals surface area contributed by atoms with Crippen LogP contribution in [0.5, 0.6) is 0 Å². The molecule has 0 spiro atoms. The molecule has 4 fully saturated rings. The predicted octanol–water partition coefficient (Wildman–Crippen LogP) is 5.14. The summed E-state index contributed by atoms with van der Waals surface area (Å²) >= 11 is 6.06. The summed E-state index contributed by atoms with van der Waals surface area (Å²) < 4.78 is 0. The van der Waals surface area contributed by atoms with Gasteiger partial charge in [0.2, 0.25) is 0 Å². The maximum atomic E-state index is 6.46. The Morgan fingerprint density at radius 1 is 1.04 bits per heavy atom. The summed E-state index contributed by atoms with van der Waals surface area (Å²) in [6.45, 7) is 2.01. The number of nitrogens with two attached hydrogens (primary N) is 1. The number of hydrogen-bond donors (Lipinski definition) is 3. The average Bonchev–Trinajstić information content (AvgIpc) is 2.59. The van der Waals surface area contributed by atoms with Crippen LogP contribution in [0.2, 0.25) is 5.02 Å². The predicted molar refractivity (Wildman–Crippen MR) is 110 cm³/mol. The third-order valence-corrected chi connectivity index (χ3v) is 6.98. The molecular weight excluding hydrogens is 358 g/mol. The van der Waals surface area contributed by atoms with Gasteiger partial charge in [-0.3, -0.25) is 0 Å². The van der Waals surface area contributed by atoms with Crippen molar-refractivity contribution in [2.24, 2.45) is 17.8 Å². The quantitative estimate of drug-likeness (QED) is 0.681. The SMILES string of the molecule is Cc1cc(Cl)ccc1Nc1ncnc(NC23CC4CC(CC(C4)C2)C3)c1N. The number of nitrogens with one attached hydrogen (secondary N) is 2. The van der Waals surface area contributed by atoms with E-state index in [-0.39, 0.29) is 5.54 Å². The average molecular weight is 384 g/mol. The summed E-state index contributed by atoms with van der Waals surface area (Å²) in [6, 6.07) is 5.74. The Hall–Kier alpha value is -2.01. The molecule has 0 amide bonds. The number of nitrogens with zero attached hydrogens (tertiary/aromatic N) is 2. The zero-order valence-corrected chi connectivity index (χ0v) is 16.4. The monoisotopic (exact) mass is 383 g/mol. The number of rotatable bonds is 4. The lowest BCUT2D eigenvalue weighted by Crippen LogP contribution is -2.55. The highest BCUT2D eigenvalue weighted by Crippen LogP contribution is 2.56. The van der Waals surface area contributed by atoms with E-state index >= 15 is 0 Å². The van der Waals surface area contributed by atoms with E-state index in [0.717, 1.165) is 39.8 Å². The van der Waals surface area contributed by atoms with Crippen molar-refractivity contribution in [1.29, 1.82) is 0 Å². The summed E-state index contributed by atoms with van der Waals surface area (Å²) in [5.41, 5.74) is 9.22. The minimum absolute atomic E-state index is 0.171. The Kier molecular flexibility index (Phi) is 3.97. The molecular formula is C21H26ClN5. The third-order valence-electron chi connectivity index (χ3n) is 6.75. The Labute approximate surface area is 165 Å². The molecule has 6 heteroatoms. The minimum atomic E-state index is 0.171. The molecule has 0 unspecified atom stereocenters. The number of hydrogen-bond acceptors (Lipinski definition) is 5. The second-order valence-corrected chi connectivity index (χ2v) is 9.33. The molecule has 1 aromatic carbocycles. The van der Waals surface area contributed by atoms with Gasteiger partial charge in [-0.1, -0.05) is 11.6 Å². The number of aromatic nitrogens is 2. The van der Waals surface area contributed by atoms with Gasteiger partial charge in [0.1, 0.15) is 12.0 Å². The van der Waals surface area contributed by atoms with E-state index in [1.165, 1.54) is 38.5 Å². The first kappa shape index (κ1) is 17.1. The summed E-state index contributed by atoms with van der Waals surface area (Å²) in [4.78, 5) is 8.86. The van der Waals surface area contributed by atoms with Crippen molar-refractivity contribution in [3.05, 3.63) is 35.1 Å². The molecule has 2 aromatic rings. The molecule has 0 atom stereocenters. The van der Waals surface area contributed by atoms with Crippen LogP contribution in [-0.4, -0.2) is 15.5 Å². The van der Waals surface area contributed by atoms with E-state index in [9.17, 15) is 0 Å². The topological polar surface area (TPSA) is 75.9 Å². The standard InChI is InChI=1S/C21H26ClN5/c1-12-4-16(22)2-3-17(12)26-19-18(23)20(25-11-24-19)27-21-8-13-5-14(9-21)7-15(6-13)10-21/h2-4,11,13-15H,5-10,23H2,1H3,(H2,24,25,26,27). The van der Waals surface area contributed by atoms with Crippen LogP contribution in [0.15, 0.2) is 24.5 Å². The van der Waals surface area contributed by atoms with Crippen LogP contribution in [0.4, 0.5) is 23.0 Å². The molecule has 1 aromatic heterocycles. The lowest BCUT2D eigenvalue weighted by molar-refractivity contribution is 0.0106. The number of nitrogen functional groups attached to an aromatic ring is 1. The molecule has 5 nitrogen and oxygen atoms in total. The molecule has 1 heterocycles. The second kappa shape index (κ2) is 6.26. The van der Waals surface area contributed by atoms with Gasteiger partial charge in [-0.05, 0) is 87.0 Å². The van der Waals surface area contributed by atoms with Crippen LogP contribution >= 0.6 is 11.6 Å². The van der Waals surface area contributed by atoms with Crippen LogP contribution in [0.3, 0.4) is 0 Å². The molecule has 6 rings (SSSR count). The van der Waals surface area contributed by atoms with E-state index in [4.69, 9.17) is 17.3 Å². The minimum Gasteiger partial charge on any atom is -0.393 e. The van der Waals surface area contributed by atoms with Crippen LogP contribution < -0.4 is 16.4 Å². The van der Waals surface area contributed by atoms with Crippen LogP contribution in [0.1, 0.15) is 44.1 Å². The van der Waals surface area contributed by atoms with Crippen molar-refractivity contribution in [2.75, 3.05) is 16.4 Å². The lowest BCUT2D eigenvalue weighted by atomic mass is 9.53. The summed E-state index contributed by atoms with van der Waals surface area (Å²) in [7, 11) is 0. The van der Waals surface area contributed by atoms with Gasteiger partial charge in [-0.2, -0.15) is 0 Å². The van der Waals surface area contributed by atoms with Crippen molar-refractivity contribution in [2.45, 2.75) is 51.0 Å². The highest BCUT2D eigenvalue weighted by molar-refractivity contribution is 6.30. The summed E-state index contributed by atoms with van der Waals surface area (Å²) in [6.07, 6.45) is 9.60. The number of aryl methyl sites for hydroxylation is 1. The molecule has 0 saturated heterocycles. The fourth-order valence-corrected chi connectivity index (χ4v) is 6.23. The third kappa shape index (κ3) is 3.12. The molecule has 27 heavy (non-hydrogen) atoms. The molecule has 142 valence electrons. The summed E-state index contributed by atoms with van der Waals surface area (Å²) in [5.74, 6) is 4.03. The van der Waals surface area contributed by atoms with Crippen molar-refractivity contribution < 1.29 is 0 Å². The fraction of sp³-hybridized carbons (Fsp3) is 0.524. The van der Waals surface area contributed by atoms with E-state index in [0.29, 0.717) is 11.5 Å². The molecule has 0 aliphatic heterocycles. The number of anilines is 4. The lowest BCUT2D eigenvalue weighted by Gasteiger charge is -2.57. The number of halogens is 1. The van der Waals surface area contributed by atoms with Crippen LogP contribution in [0.25, 0.3) is 0 Å². The maximum absolute atomic E-state index is 6.46. The van der Waals surface area contributed by atoms with Gasteiger partial charge in [-0.15, -0.1) is 0 Å². The van der Waals surface area contributed by atoms with Crippen molar-refractivity contribution in [3.8, 4) is 0 Å². The highest BCUT2D eigenvalue weighted by atomic mass is 35.5. The molecule has 4 N–H and O–H groups in total. The number of benzene rings is 1. The molecule has 4 aliphatic carbocycles. The van der Waals surface area contributed by atoms with Crippen molar-refractivity contribution in [3.63, 3.8) is 0 Å². The van der Waals surface area contributed by atoms with Gasteiger partial charge < -0.3 is 16.4 Å². The normalized spacial score (nSPS) is 31.1. The molecule has 4 bridgehead atoms. The zero-order valence-electron chi connectivity index (χ0n) is 15.6. The van der Waals surface area contributed by atoms with Crippen LogP contribution in [-0.2, 0) is 0 Å². The first-order valence-electron chi connectivity index (χ1n) is 9.91. The second-order valence-electron chi connectivity index (χ2n) is 8.89. The Morgan fingerprint density at radius 3 is 2.30 bits per heavy atom. The molecule has 4 aliphatic rings. The Balaban J connectivity index is 1.40. The van der Waals surface area contributed by atoms with Gasteiger partial charge in [0, 0.05) is 16.2 Å². The van der Waals surface area contributed by atoms with Crippen molar-refractivity contribution in [1.82, 2.24) is 9.97 Å². The Bertz CT molecular complexity index is 846. The maximum Gasteiger partial charge on any atom is 0.159 e. The van der Waals surface area contributed by atoms with Crippen molar-refractivity contribution >= 4 is 34.6 Å². The first-order valence-corrected chi connectivity index (χ1v) is 10.3. The van der Waals surface area contributed by atoms with Gasteiger partial charge >= 0.3 is 0 Å². The fourth-order valence-electron chi connectivity index (χ4n) is 6.00. The van der Waals surface area contributed by atoms with E-state index in [2.05, 4.69) is 20.6 Å².